The maximum Gasteiger partial charge on any atom is 0.164 e. The highest BCUT2D eigenvalue weighted by molar-refractivity contribution is 5.24. The molecule has 1 aromatic heterocycles. The van der Waals surface area contributed by atoms with Crippen LogP contribution in [0.15, 0.2) is 24.4 Å². The minimum atomic E-state index is -1.13. The Morgan fingerprint density at radius 1 is 1.54 bits per heavy atom. The molecule has 1 N–H and O–H groups in total. The van der Waals surface area contributed by atoms with Gasteiger partial charge in [-0.2, -0.15) is 0 Å². The summed E-state index contributed by atoms with van der Waals surface area (Å²) >= 11 is 0. The van der Waals surface area contributed by atoms with Crippen molar-refractivity contribution in [2.24, 2.45) is 0 Å². The summed E-state index contributed by atoms with van der Waals surface area (Å²) in [5, 5.41) is 9.88. The Bertz CT molecular complexity index is 319. The summed E-state index contributed by atoms with van der Waals surface area (Å²) in [7, 11) is 0. The van der Waals surface area contributed by atoms with Gasteiger partial charge < -0.3 is 5.11 Å². The highest BCUT2D eigenvalue weighted by atomic mass is 16.3. The van der Waals surface area contributed by atoms with Crippen LogP contribution in [0.4, 0.5) is 0 Å². The second kappa shape index (κ2) is 4.06. The summed E-state index contributed by atoms with van der Waals surface area (Å²) < 4.78 is 0. The minimum absolute atomic E-state index is 0.593. The van der Waals surface area contributed by atoms with Crippen LogP contribution in [0.5, 0.6) is 0 Å². The highest BCUT2D eigenvalue weighted by Gasteiger charge is 2.20. The zero-order valence-corrected chi connectivity index (χ0v) is 7.91. The Balaban J connectivity index is 2.94. The predicted molar refractivity (Wildman–Crippen MR) is 51.9 cm³/mol. The minimum Gasteiger partial charge on any atom is -0.372 e. The first kappa shape index (κ1) is 9.76. The number of aromatic nitrogens is 1. The summed E-state index contributed by atoms with van der Waals surface area (Å²) in [6, 6.07) is 5.42. The van der Waals surface area contributed by atoms with Crippen molar-refractivity contribution >= 4 is 0 Å². The SMILES string of the molecule is CCC#CC(C)(O)c1ccccn1. The number of hydrogen-bond donors (Lipinski definition) is 1. The van der Waals surface area contributed by atoms with Crippen LogP contribution in [-0.2, 0) is 5.60 Å². The quantitative estimate of drug-likeness (QED) is 0.659. The van der Waals surface area contributed by atoms with Gasteiger partial charge in [0, 0.05) is 12.6 Å². The normalized spacial score (nSPS) is 14.1. The Kier molecular flexibility index (Phi) is 3.05. The lowest BCUT2D eigenvalue weighted by atomic mass is 10.0. The van der Waals surface area contributed by atoms with Crippen LogP contribution in [0, 0.1) is 11.8 Å². The van der Waals surface area contributed by atoms with Gasteiger partial charge in [-0.15, -0.1) is 5.92 Å². The molecule has 0 fully saturated rings. The van der Waals surface area contributed by atoms with Crippen LogP contribution in [-0.4, -0.2) is 10.1 Å². The smallest absolute Gasteiger partial charge is 0.164 e. The van der Waals surface area contributed by atoms with Crippen molar-refractivity contribution in [2.45, 2.75) is 25.9 Å². The van der Waals surface area contributed by atoms with Gasteiger partial charge in [0.1, 0.15) is 0 Å². The molecule has 13 heavy (non-hydrogen) atoms. The van der Waals surface area contributed by atoms with Crippen LogP contribution < -0.4 is 0 Å². The lowest BCUT2D eigenvalue weighted by Crippen LogP contribution is -2.19. The molecule has 0 saturated carbocycles. The molecular weight excluding hydrogens is 162 g/mol. The van der Waals surface area contributed by atoms with Gasteiger partial charge >= 0.3 is 0 Å². The third kappa shape index (κ3) is 2.57. The summed E-state index contributed by atoms with van der Waals surface area (Å²) in [4.78, 5) is 4.05. The molecule has 0 saturated heterocycles. The Hall–Kier alpha value is -1.33. The molecule has 2 heteroatoms. The van der Waals surface area contributed by atoms with E-state index in [4.69, 9.17) is 0 Å². The molecule has 0 aromatic carbocycles. The molecule has 0 aliphatic carbocycles. The van der Waals surface area contributed by atoms with Gasteiger partial charge in [0.2, 0.25) is 0 Å². The fraction of sp³-hybridized carbons (Fsp3) is 0.364. The monoisotopic (exact) mass is 175 g/mol. The fourth-order valence-electron chi connectivity index (χ4n) is 0.975. The fourth-order valence-corrected chi connectivity index (χ4v) is 0.975. The third-order valence-electron chi connectivity index (χ3n) is 1.67. The second-order valence-corrected chi connectivity index (χ2v) is 2.94. The van der Waals surface area contributed by atoms with Crippen molar-refractivity contribution < 1.29 is 5.11 Å². The van der Waals surface area contributed by atoms with Gasteiger partial charge in [0.15, 0.2) is 5.60 Å². The topological polar surface area (TPSA) is 33.1 Å². The summed E-state index contributed by atoms with van der Waals surface area (Å²) in [6.45, 7) is 3.60. The molecule has 68 valence electrons. The largest absolute Gasteiger partial charge is 0.372 e. The molecule has 2 nitrogen and oxygen atoms in total. The molecular formula is C11H13NO. The summed E-state index contributed by atoms with van der Waals surface area (Å²) in [5.41, 5.74) is -0.534. The van der Waals surface area contributed by atoms with E-state index in [1.54, 1.807) is 19.2 Å². The van der Waals surface area contributed by atoms with Crippen LogP contribution in [0.3, 0.4) is 0 Å². The maximum absolute atomic E-state index is 9.88. The van der Waals surface area contributed by atoms with Gasteiger partial charge in [-0.3, -0.25) is 4.98 Å². The van der Waals surface area contributed by atoms with Gasteiger partial charge in [-0.1, -0.05) is 18.9 Å². The Morgan fingerprint density at radius 3 is 2.85 bits per heavy atom. The van der Waals surface area contributed by atoms with E-state index in [0.717, 1.165) is 6.42 Å². The first-order valence-electron chi connectivity index (χ1n) is 4.30. The van der Waals surface area contributed by atoms with Crippen molar-refractivity contribution in [3.8, 4) is 11.8 Å². The van der Waals surface area contributed by atoms with E-state index in [1.807, 2.05) is 19.1 Å². The molecule has 1 unspecified atom stereocenters. The maximum atomic E-state index is 9.88. The molecule has 1 aromatic rings. The van der Waals surface area contributed by atoms with Crippen molar-refractivity contribution in [1.29, 1.82) is 0 Å². The number of aliphatic hydroxyl groups is 1. The summed E-state index contributed by atoms with van der Waals surface area (Å²) in [5.74, 6) is 5.62. The molecule has 1 rings (SSSR count). The van der Waals surface area contributed by atoms with Crippen molar-refractivity contribution in [1.82, 2.24) is 4.98 Å². The van der Waals surface area contributed by atoms with E-state index in [0.29, 0.717) is 5.69 Å². The molecule has 0 amide bonds. The number of rotatable bonds is 1. The summed E-state index contributed by atoms with van der Waals surface area (Å²) in [6.07, 6.45) is 2.39. The lowest BCUT2D eigenvalue weighted by Gasteiger charge is -2.14. The van der Waals surface area contributed by atoms with E-state index < -0.39 is 5.60 Å². The van der Waals surface area contributed by atoms with Crippen LogP contribution >= 0.6 is 0 Å². The molecule has 1 atom stereocenters. The molecule has 0 bridgehead atoms. The third-order valence-corrected chi connectivity index (χ3v) is 1.67. The van der Waals surface area contributed by atoms with Crippen molar-refractivity contribution in [3.63, 3.8) is 0 Å². The first-order valence-corrected chi connectivity index (χ1v) is 4.30. The average Bonchev–Trinajstić information content (AvgIpc) is 2.16. The highest BCUT2D eigenvalue weighted by Crippen LogP contribution is 2.15. The molecule has 0 radical (unpaired) electrons. The van der Waals surface area contributed by atoms with Crippen LogP contribution in [0.1, 0.15) is 26.0 Å². The van der Waals surface area contributed by atoms with Gasteiger partial charge in [0.05, 0.1) is 5.69 Å². The average molecular weight is 175 g/mol. The van der Waals surface area contributed by atoms with E-state index in [1.165, 1.54) is 0 Å². The zero-order valence-electron chi connectivity index (χ0n) is 7.91. The first-order chi connectivity index (χ1) is 6.17. The Morgan fingerprint density at radius 2 is 2.31 bits per heavy atom. The van der Waals surface area contributed by atoms with E-state index in [9.17, 15) is 5.11 Å². The Labute approximate surface area is 78.6 Å². The van der Waals surface area contributed by atoms with Crippen molar-refractivity contribution in [3.05, 3.63) is 30.1 Å². The van der Waals surface area contributed by atoms with Gasteiger partial charge in [-0.05, 0) is 19.1 Å². The number of hydrogen-bond acceptors (Lipinski definition) is 2. The van der Waals surface area contributed by atoms with Crippen LogP contribution in [0.25, 0.3) is 0 Å². The predicted octanol–water partition coefficient (Wildman–Crippen LogP) is 1.70. The van der Waals surface area contributed by atoms with E-state index in [2.05, 4.69) is 16.8 Å². The molecule has 0 aliphatic rings. The second-order valence-electron chi connectivity index (χ2n) is 2.94. The molecule has 0 spiro atoms. The number of nitrogens with zero attached hydrogens (tertiary/aromatic N) is 1. The molecule has 0 aliphatic heterocycles. The zero-order chi connectivity index (χ0) is 9.73. The van der Waals surface area contributed by atoms with Crippen LogP contribution in [0.2, 0.25) is 0 Å². The lowest BCUT2D eigenvalue weighted by molar-refractivity contribution is 0.117. The van der Waals surface area contributed by atoms with E-state index >= 15 is 0 Å². The van der Waals surface area contributed by atoms with Gasteiger partial charge in [-0.25, -0.2) is 0 Å². The van der Waals surface area contributed by atoms with Crippen molar-refractivity contribution in [2.75, 3.05) is 0 Å². The van der Waals surface area contributed by atoms with Gasteiger partial charge in [0.25, 0.3) is 0 Å². The number of pyridine rings is 1. The van der Waals surface area contributed by atoms with E-state index in [-0.39, 0.29) is 0 Å². The molecule has 1 heterocycles. The standard InChI is InChI=1S/C11H13NO/c1-3-4-8-11(2,13)10-7-5-6-9-12-10/h5-7,9,13H,3H2,1-2H3.